The highest BCUT2D eigenvalue weighted by molar-refractivity contribution is 9.10. The van der Waals surface area contributed by atoms with Gasteiger partial charge in [-0.2, -0.15) is 0 Å². The molecule has 0 bridgehead atoms. The third-order valence-corrected chi connectivity index (χ3v) is 5.37. The number of rotatable bonds is 1. The Kier molecular flexibility index (Phi) is 4.98. The van der Waals surface area contributed by atoms with Crippen LogP contribution in [0.4, 0.5) is 5.69 Å². The standard InChI is InChI=1S/C20H21BrN2OS/c1-20(2,3)15-9-8-14(12-16(15)21)18(24)22-19(25)23-11-10-13-6-4-5-7-17(13)23/h4-9,12H,10-11H2,1-3H3,(H,22,24,25). The van der Waals surface area contributed by atoms with E-state index in [0.717, 1.165) is 23.1 Å². The third kappa shape index (κ3) is 3.77. The zero-order chi connectivity index (χ0) is 18.2. The van der Waals surface area contributed by atoms with Crippen LogP contribution in [0.25, 0.3) is 0 Å². The van der Waals surface area contributed by atoms with E-state index in [0.29, 0.717) is 10.7 Å². The molecule has 3 rings (SSSR count). The smallest absolute Gasteiger partial charge is 0.257 e. The normalized spacial score (nSPS) is 13.5. The molecule has 0 aliphatic carbocycles. The molecule has 25 heavy (non-hydrogen) atoms. The summed E-state index contributed by atoms with van der Waals surface area (Å²) in [5, 5.41) is 3.31. The number of amides is 1. The zero-order valence-corrected chi connectivity index (χ0v) is 17.0. The van der Waals surface area contributed by atoms with E-state index in [2.05, 4.69) is 48.1 Å². The largest absolute Gasteiger partial charge is 0.318 e. The predicted octanol–water partition coefficient (Wildman–Crippen LogP) is 4.82. The van der Waals surface area contributed by atoms with Crippen LogP contribution >= 0.6 is 28.1 Å². The van der Waals surface area contributed by atoms with Crippen LogP contribution in [0.2, 0.25) is 0 Å². The Balaban J connectivity index is 1.75. The lowest BCUT2D eigenvalue weighted by atomic mass is 9.86. The molecule has 0 fully saturated rings. The first kappa shape index (κ1) is 18.1. The molecule has 1 aliphatic rings. The minimum Gasteiger partial charge on any atom is -0.318 e. The molecule has 0 unspecified atom stereocenters. The summed E-state index contributed by atoms with van der Waals surface area (Å²) in [6, 6.07) is 13.9. The SMILES string of the molecule is CC(C)(C)c1ccc(C(=O)NC(=S)N2CCc3ccccc32)cc1Br. The number of carbonyl (C=O) groups is 1. The first-order chi connectivity index (χ1) is 11.8. The molecule has 0 spiro atoms. The van der Waals surface area contributed by atoms with Gasteiger partial charge in [-0.05, 0) is 53.4 Å². The van der Waals surface area contributed by atoms with Crippen molar-refractivity contribution in [2.45, 2.75) is 32.6 Å². The van der Waals surface area contributed by atoms with Crippen LogP contribution in [0.3, 0.4) is 0 Å². The van der Waals surface area contributed by atoms with Crippen LogP contribution < -0.4 is 10.2 Å². The molecule has 1 aliphatic heterocycles. The lowest BCUT2D eigenvalue weighted by Crippen LogP contribution is -2.42. The van der Waals surface area contributed by atoms with Crippen molar-refractivity contribution < 1.29 is 4.79 Å². The number of halogens is 1. The van der Waals surface area contributed by atoms with Gasteiger partial charge in [-0.15, -0.1) is 0 Å². The Bertz CT molecular complexity index is 842. The van der Waals surface area contributed by atoms with E-state index in [1.807, 2.05) is 41.3 Å². The van der Waals surface area contributed by atoms with Crippen molar-refractivity contribution in [3.05, 3.63) is 63.6 Å². The molecule has 1 heterocycles. The number of fused-ring (bicyclic) bond motifs is 1. The monoisotopic (exact) mass is 416 g/mol. The van der Waals surface area contributed by atoms with Crippen molar-refractivity contribution in [1.82, 2.24) is 5.32 Å². The Morgan fingerprint density at radius 3 is 2.60 bits per heavy atom. The molecule has 5 heteroatoms. The van der Waals surface area contributed by atoms with Gasteiger partial charge in [0, 0.05) is 22.3 Å². The number of hydrogen-bond donors (Lipinski definition) is 1. The number of thiocarbonyl (C=S) groups is 1. The van der Waals surface area contributed by atoms with E-state index >= 15 is 0 Å². The van der Waals surface area contributed by atoms with Crippen LogP contribution in [-0.4, -0.2) is 17.6 Å². The van der Waals surface area contributed by atoms with Crippen LogP contribution in [0, 0.1) is 0 Å². The molecule has 1 amide bonds. The fraction of sp³-hybridized carbons (Fsp3) is 0.300. The fourth-order valence-corrected chi connectivity index (χ4v) is 4.31. The van der Waals surface area contributed by atoms with Gasteiger partial charge >= 0.3 is 0 Å². The quantitative estimate of drug-likeness (QED) is 0.675. The second-order valence-corrected chi connectivity index (χ2v) is 8.48. The minimum atomic E-state index is -0.185. The lowest BCUT2D eigenvalue weighted by molar-refractivity contribution is 0.0977. The van der Waals surface area contributed by atoms with Gasteiger partial charge in [0.1, 0.15) is 0 Å². The third-order valence-electron chi connectivity index (χ3n) is 4.39. The van der Waals surface area contributed by atoms with E-state index in [-0.39, 0.29) is 11.3 Å². The molecule has 0 saturated carbocycles. The van der Waals surface area contributed by atoms with Gasteiger partial charge in [-0.3, -0.25) is 10.1 Å². The fourth-order valence-electron chi connectivity index (χ4n) is 3.05. The van der Waals surface area contributed by atoms with Crippen molar-refractivity contribution in [3.63, 3.8) is 0 Å². The summed E-state index contributed by atoms with van der Waals surface area (Å²) in [7, 11) is 0. The van der Waals surface area contributed by atoms with Crippen LogP contribution in [0.15, 0.2) is 46.9 Å². The lowest BCUT2D eigenvalue weighted by Gasteiger charge is -2.22. The first-order valence-corrected chi connectivity index (χ1v) is 9.48. The maximum absolute atomic E-state index is 12.6. The molecule has 1 N–H and O–H groups in total. The molecule has 0 atom stereocenters. The Morgan fingerprint density at radius 1 is 1.20 bits per heavy atom. The van der Waals surface area contributed by atoms with E-state index in [1.165, 1.54) is 11.1 Å². The minimum absolute atomic E-state index is 0.0163. The highest BCUT2D eigenvalue weighted by atomic mass is 79.9. The van der Waals surface area contributed by atoms with Gasteiger partial charge in [0.2, 0.25) is 0 Å². The Morgan fingerprint density at radius 2 is 1.92 bits per heavy atom. The van der Waals surface area contributed by atoms with Crippen molar-refractivity contribution in [1.29, 1.82) is 0 Å². The Labute approximate surface area is 162 Å². The number of para-hydroxylation sites is 1. The zero-order valence-electron chi connectivity index (χ0n) is 14.6. The van der Waals surface area contributed by atoms with Crippen molar-refractivity contribution in [3.8, 4) is 0 Å². The second-order valence-electron chi connectivity index (χ2n) is 7.23. The average Bonchev–Trinajstić information content (AvgIpc) is 2.97. The molecule has 0 radical (unpaired) electrons. The summed E-state index contributed by atoms with van der Waals surface area (Å²) < 4.78 is 0.935. The molecule has 130 valence electrons. The molecule has 3 nitrogen and oxygen atoms in total. The van der Waals surface area contributed by atoms with Gasteiger partial charge in [0.15, 0.2) is 5.11 Å². The summed E-state index contributed by atoms with van der Waals surface area (Å²) in [5.41, 5.74) is 4.12. The summed E-state index contributed by atoms with van der Waals surface area (Å²) >= 11 is 9.05. The maximum Gasteiger partial charge on any atom is 0.257 e. The van der Waals surface area contributed by atoms with Gasteiger partial charge in [-0.25, -0.2) is 0 Å². The summed E-state index contributed by atoms with van der Waals surface area (Å²) in [5.74, 6) is -0.185. The number of anilines is 1. The number of carbonyl (C=O) groups excluding carboxylic acids is 1. The molecular formula is C20H21BrN2OS. The maximum atomic E-state index is 12.6. The summed E-state index contributed by atoms with van der Waals surface area (Å²) in [4.78, 5) is 14.6. The Hall–Kier alpha value is -1.72. The van der Waals surface area contributed by atoms with Crippen molar-refractivity contribution in [2.75, 3.05) is 11.4 Å². The van der Waals surface area contributed by atoms with Crippen LogP contribution in [0.1, 0.15) is 42.3 Å². The predicted molar refractivity (Wildman–Crippen MR) is 110 cm³/mol. The highest BCUT2D eigenvalue weighted by Crippen LogP contribution is 2.30. The molecule has 2 aromatic carbocycles. The average molecular weight is 417 g/mol. The van der Waals surface area contributed by atoms with Gasteiger partial charge < -0.3 is 4.90 Å². The molecule has 0 saturated heterocycles. The number of nitrogens with zero attached hydrogens (tertiary/aromatic N) is 1. The highest BCUT2D eigenvalue weighted by Gasteiger charge is 2.24. The molecule has 2 aromatic rings. The van der Waals surface area contributed by atoms with Gasteiger partial charge in [-0.1, -0.05) is 61.0 Å². The number of nitrogens with one attached hydrogen (secondary N) is 1. The molecule has 0 aromatic heterocycles. The summed E-state index contributed by atoms with van der Waals surface area (Å²) in [6.45, 7) is 7.23. The van der Waals surface area contributed by atoms with Gasteiger partial charge in [0.05, 0.1) is 0 Å². The number of hydrogen-bond acceptors (Lipinski definition) is 2. The van der Waals surface area contributed by atoms with E-state index in [4.69, 9.17) is 12.2 Å². The molecular weight excluding hydrogens is 396 g/mol. The van der Waals surface area contributed by atoms with Crippen LogP contribution in [-0.2, 0) is 11.8 Å². The van der Waals surface area contributed by atoms with E-state index < -0.39 is 0 Å². The number of benzene rings is 2. The van der Waals surface area contributed by atoms with E-state index in [1.54, 1.807) is 0 Å². The first-order valence-electron chi connectivity index (χ1n) is 8.28. The second kappa shape index (κ2) is 6.89. The van der Waals surface area contributed by atoms with E-state index in [9.17, 15) is 4.79 Å². The summed E-state index contributed by atoms with van der Waals surface area (Å²) in [6.07, 6.45) is 0.942. The van der Waals surface area contributed by atoms with Crippen LogP contribution in [0.5, 0.6) is 0 Å². The topological polar surface area (TPSA) is 32.3 Å². The van der Waals surface area contributed by atoms with Crippen molar-refractivity contribution in [2.24, 2.45) is 0 Å². The van der Waals surface area contributed by atoms with Crippen molar-refractivity contribution >= 4 is 44.9 Å². The van der Waals surface area contributed by atoms with Gasteiger partial charge in [0.25, 0.3) is 5.91 Å².